The van der Waals surface area contributed by atoms with Gasteiger partial charge in [0.15, 0.2) is 6.61 Å². The Hall–Kier alpha value is -2.00. The van der Waals surface area contributed by atoms with Crippen LogP contribution in [-0.2, 0) is 11.3 Å². The van der Waals surface area contributed by atoms with Crippen molar-refractivity contribution in [3.8, 4) is 5.75 Å². The lowest BCUT2D eigenvalue weighted by atomic mass is 10.1. The van der Waals surface area contributed by atoms with E-state index in [4.69, 9.17) is 16.3 Å². The number of carbonyl (C=O) groups excluding carboxylic acids is 1. The Morgan fingerprint density at radius 1 is 1.20 bits per heavy atom. The zero-order valence-electron chi connectivity index (χ0n) is 11.1. The van der Waals surface area contributed by atoms with Gasteiger partial charge in [0.25, 0.3) is 5.91 Å². The molecule has 2 aromatic carbocycles. The molecule has 1 amide bonds. The van der Waals surface area contributed by atoms with Crippen LogP contribution in [-0.4, -0.2) is 12.5 Å². The number of benzene rings is 2. The van der Waals surface area contributed by atoms with E-state index in [-0.39, 0.29) is 12.5 Å². The number of hydrogen-bond donors (Lipinski definition) is 0. The number of fused-ring (bicyclic) bond motifs is 1. The lowest BCUT2D eigenvalue weighted by Gasteiger charge is -2.20. The summed E-state index contributed by atoms with van der Waals surface area (Å²) in [5.41, 5.74) is 2.79. The molecule has 0 radical (unpaired) electrons. The largest absolute Gasteiger partial charge is 0.483 e. The van der Waals surface area contributed by atoms with Crippen molar-refractivity contribution in [1.29, 1.82) is 0 Å². The van der Waals surface area contributed by atoms with Gasteiger partial charge >= 0.3 is 0 Å². The van der Waals surface area contributed by atoms with Crippen molar-refractivity contribution in [3.05, 3.63) is 58.6 Å². The van der Waals surface area contributed by atoms with E-state index >= 15 is 0 Å². The SMILES string of the molecule is Cc1ccc(N2Cc3ccccc3OCC2=O)cc1Cl. The summed E-state index contributed by atoms with van der Waals surface area (Å²) in [6.45, 7) is 2.48. The molecule has 102 valence electrons. The van der Waals surface area contributed by atoms with Gasteiger partial charge in [-0.25, -0.2) is 0 Å². The van der Waals surface area contributed by atoms with Gasteiger partial charge < -0.3 is 9.64 Å². The zero-order chi connectivity index (χ0) is 14.1. The van der Waals surface area contributed by atoms with Crippen LogP contribution >= 0.6 is 11.6 Å². The Labute approximate surface area is 122 Å². The number of ether oxygens (including phenoxy) is 1. The number of carbonyl (C=O) groups is 1. The van der Waals surface area contributed by atoms with Crippen LogP contribution in [0.2, 0.25) is 5.02 Å². The molecular formula is C16H14ClNO2. The van der Waals surface area contributed by atoms with Crippen LogP contribution in [0.3, 0.4) is 0 Å². The quantitative estimate of drug-likeness (QED) is 0.802. The van der Waals surface area contributed by atoms with Crippen molar-refractivity contribution in [1.82, 2.24) is 0 Å². The normalized spacial score (nSPS) is 14.5. The number of amides is 1. The molecule has 4 heteroatoms. The third kappa shape index (κ3) is 2.37. The smallest absolute Gasteiger partial charge is 0.265 e. The molecule has 1 aliphatic rings. The molecule has 0 N–H and O–H groups in total. The highest BCUT2D eigenvalue weighted by Crippen LogP contribution is 2.29. The van der Waals surface area contributed by atoms with Crippen molar-refractivity contribution < 1.29 is 9.53 Å². The van der Waals surface area contributed by atoms with Crippen LogP contribution in [0.5, 0.6) is 5.75 Å². The second-order valence-electron chi connectivity index (χ2n) is 4.81. The van der Waals surface area contributed by atoms with Gasteiger partial charge in [-0.1, -0.05) is 35.9 Å². The van der Waals surface area contributed by atoms with Crippen LogP contribution in [0.15, 0.2) is 42.5 Å². The van der Waals surface area contributed by atoms with Gasteiger partial charge in [0.05, 0.1) is 6.54 Å². The van der Waals surface area contributed by atoms with Crippen LogP contribution in [0.1, 0.15) is 11.1 Å². The van der Waals surface area contributed by atoms with E-state index in [9.17, 15) is 4.79 Å². The van der Waals surface area contributed by atoms with Gasteiger partial charge in [0, 0.05) is 16.3 Å². The van der Waals surface area contributed by atoms with Crippen molar-refractivity contribution in [2.75, 3.05) is 11.5 Å². The van der Waals surface area contributed by atoms with E-state index in [0.717, 1.165) is 22.6 Å². The molecule has 0 fully saturated rings. The van der Waals surface area contributed by atoms with E-state index < -0.39 is 0 Å². The monoisotopic (exact) mass is 287 g/mol. The van der Waals surface area contributed by atoms with Crippen LogP contribution in [0.4, 0.5) is 5.69 Å². The predicted octanol–water partition coefficient (Wildman–Crippen LogP) is 3.57. The fraction of sp³-hybridized carbons (Fsp3) is 0.188. The maximum atomic E-state index is 12.2. The molecule has 1 heterocycles. The third-order valence-electron chi connectivity index (χ3n) is 3.42. The van der Waals surface area contributed by atoms with E-state index in [1.165, 1.54) is 0 Å². The molecule has 3 rings (SSSR count). The Morgan fingerprint density at radius 3 is 2.80 bits per heavy atom. The molecule has 0 aliphatic carbocycles. The standard InChI is InChI=1S/C16H14ClNO2/c1-11-6-7-13(8-14(11)17)18-9-12-4-2-3-5-15(12)20-10-16(18)19/h2-8H,9-10H2,1H3. The first-order valence-electron chi connectivity index (χ1n) is 6.42. The minimum absolute atomic E-state index is 0.0442. The first kappa shape index (κ1) is 13.0. The zero-order valence-corrected chi connectivity index (χ0v) is 11.9. The van der Waals surface area contributed by atoms with Gasteiger partial charge in [-0.2, -0.15) is 0 Å². The molecule has 0 bridgehead atoms. The molecule has 20 heavy (non-hydrogen) atoms. The highest BCUT2D eigenvalue weighted by atomic mass is 35.5. The number of rotatable bonds is 1. The second kappa shape index (κ2) is 5.17. The number of nitrogens with zero attached hydrogens (tertiary/aromatic N) is 1. The lowest BCUT2D eigenvalue weighted by Crippen LogP contribution is -2.32. The summed E-state index contributed by atoms with van der Waals surface area (Å²) in [6.07, 6.45) is 0. The van der Waals surface area contributed by atoms with Crippen LogP contribution in [0, 0.1) is 6.92 Å². The molecular weight excluding hydrogens is 274 g/mol. The van der Waals surface area contributed by atoms with Crippen molar-refractivity contribution in [2.45, 2.75) is 13.5 Å². The van der Waals surface area contributed by atoms with Gasteiger partial charge in [-0.3, -0.25) is 4.79 Å². The Bertz CT molecular complexity index is 669. The maximum Gasteiger partial charge on any atom is 0.265 e. The fourth-order valence-electron chi connectivity index (χ4n) is 2.24. The number of anilines is 1. The van der Waals surface area contributed by atoms with Crippen LogP contribution < -0.4 is 9.64 Å². The molecule has 1 aliphatic heterocycles. The summed E-state index contributed by atoms with van der Waals surface area (Å²) in [5.74, 6) is 0.697. The Balaban J connectivity index is 1.99. The highest BCUT2D eigenvalue weighted by Gasteiger charge is 2.22. The molecule has 0 saturated heterocycles. The Kier molecular flexibility index (Phi) is 3.36. The lowest BCUT2D eigenvalue weighted by molar-refractivity contribution is -0.120. The predicted molar refractivity (Wildman–Crippen MR) is 79.3 cm³/mol. The summed E-state index contributed by atoms with van der Waals surface area (Å²) in [4.78, 5) is 13.9. The molecule has 3 nitrogen and oxygen atoms in total. The van der Waals surface area contributed by atoms with Gasteiger partial charge in [-0.15, -0.1) is 0 Å². The Morgan fingerprint density at radius 2 is 2.00 bits per heavy atom. The van der Waals surface area contributed by atoms with Crippen molar-refractivity contribution in [2.24, 2.45) is 0 Å². The van der Waals surface area contributed by atoms with Crippen molar-refractivity contribution in [3.63, 3.8) is 0 Å². The average Bonchev–Trinajstić information content (AvgIpc) is 2.62. The number of aryl methyl sites for hydroxylation is 1. The molecule has 0 unspecified atom stereocenters. The third-order valence-corrected chi connectivity index (χ3v) is 3.83. The van der Waals surface area contributed by atoms with E-state index in [2.05, 4.69) is 0 Å². The molecule has 2 aromatic rings. The maximum absolute atomic E-state index is 12.2. The minimum atomic E-state index is -0.0684. The molecule has 0 atom stereocenters. The average molecular weight is 288 g/mol. The van der Waals surface area contributed by atoms with Gasteiger partial charge in [0.1, 0.15) is 5.75 Å². The first-order valence-corrected chi connectivity index (χ1v) is 6.80. The second-order valence-corrected chi connectivity index (χ2v) is 5.22. The summed E-state index contributed by atoms with van der Waals surface area (Å²) in [5, 5.41) is 0.661. The minimum Gasteiger partial charge on any atom is -0.483 e. The topological polar surface area (TPSA) is 29.5 Å². The van der Waals surface area contributed by atoms with Crippen molar-refractivity contribution >= 4 is 23.2 Å². The molecule has 0 spiro atoms. The van der Waals surface area contributed by atoms with Gasteiger partial charge in [0.2, 0.25) is 0 Å². The summed E-state index contributed by atoms with van der Waals surface area (Å²) in [7, 11) is 0. The van der Waals surface area contributed by atoms with Crippen LogP contribution in [0.25, 0.3) is 0 Å². The number of hydrogen-bond acceptors (Lipinski definition) is 2. The number of para-hydroxylation sites is 1. The number of halogens is 1. The first-order chi connectivity index (χ1) is 9.65. The summed E-state index contributed by atoms with van der Waals surface area (Å²) < 4.78 is 5.54. The van der Waals surface area contributed by atoms with E-state index in [0.29, 0.717) is 11.6 Å². The highest BCUT2D eigenvalue weighted by molar-refractivity contribution is 6.31. The van der Waals surface area contributed by atoms with E-state index in [1.807, 2.05) is 49.4 Å². The van der Waals surface area contributed by atoms with Gasteiger partial charge in [-0.05, 0) is 30.7 Å². The van der Waals surface area contributed by atoms with E-state index in [1.54, 1.807) is 4.90 Å². The summed E-state index contributed by atoms with van der Waals surface area (Å²) in [6, 6.07) is 13.4. The fourth-order valence-corrected chi connectivity index (χ4v) is 2.41. The summed E-state index contributed by atoms with van der Waals surface area (Å²) >= 11 is 6.15. The molecule has 0 saturated carbocycles. The molecule has 0 aromatic heterocycles.